The highest BCUT2D eigenvalue weighted by atomic mass is 32.1. The van der Waals surface area contributed by atoms with E-state index in [1.165, 1.54) is 6.42 Å². The fourth-order valence-corrected chi connectivity index (χ4v) is 2.77. The van der Waals surface area contributed by atoms with Crippen molar-refractivity contribution in [2.75, 3.05) is 11.9 Å². The summed E-state index contributed by atoms with van der Waals surface area (Å²) in [5, 5.41) is 13.8. The first kappa shape index (κ1) is 12.8. The monoisotopic (exact) mass is 255 g/mol. The Labute approximate surface area is 107 Å². The van der Waals surface area contributed by atoms with E-state index < -0.39 is 0 Å². The minimum atomic E-state index is 0.0741. The number of rotatable bonds is 3. The third-order valence-electron chi connectivity index (χ3n) is 2.94. The molecule has 2 heterocycles. The predicted octanol–water partition coefficient (Wildman–Crippen LogP) is 2.82. The Morgan fingerprint density at radius 2 is 2.18 bits per heavy atom. The van der Waals surface area contributed by atoms with Crippen molar-refractivity contribution in [3.05, 3.63) is 5.01 Å². The van der Waals surface area contributed by atoms with Gasteiger partial charge in [-0.3, -0.25) is 0 Å². The average molecular weight is 255 g/mol. The van der Waals surface area contributed by atoms with E-state index in [0.717, 1.165) is 23.2 Å². The molecule has 1 saturated heterocycles. The Kier molecular flexibility index (Phi) is 3.68. The van der Waals surface area contributed by atoms with E-state index in [1.807, 2.05) is 0 Å². The zero-order chi connectivity index (χ0) is 12.5. The molecular weight excluding hydrogens is 234 g/mol. The number of hydrogen-bond donors (Lipinski definition) is 1. The number of hydrogen-bond acceptors (Lipinski definition) is 5. The Bertz CT molecular complexity index is 366. The topological polar surface area (TPSA) is 47.0 Å². The molecule has 0 bridgehead atoms. The molecule has 17 heavy (non-hydrogen) atoms. The van der Waals surface area contributed by atoms with Gasteiger partial charge in [-0.05, 0) is 19.8 Å². The fourth-order valence-electron chi connectivity index (χ4n) is 1.87. The Morgan fingerprint density at radius 3 is 2.71 bits per heavy atom. The molecule has 2 atom stereocenters. The van der Waals surface area contributed by atoms with Gasteiger partial charge < -0.3 is 10.1 Å². The first-order valence-corrected chi connectivity index (χ1v) is 7.00. The van der Waals surface area contributed by atoms with Gasteiger partial charge in [0.1, 0.15) is 5.01 Å². The number of nitrogens with zero attached hydrogens (tertiary/aromatic N) is 2. The molecule has 2 rings (SSSR count). The van der Waals surface area contributed by atoms with Gasteiger partial charge in [0.05, 0.1) is 12.1 Å². The van der Waals surface area contributed by atoms with Crippen LogP contribution in [0.15, 0.2) is 0 Å². The van der Waals surface area contributed by atoms with Crippen LogP contribution in [0.3, 0.4) is 0 Å². The Balaban J connectivity index is 1.96. The van der Waals surface area contributed by atoms with E-state index >= 15 is 0 Å². The van der Waals surface area contributed by atoms with Gasteiger partial charge in [-0.1, -0.05) is 32.1 Å². The smallest absolute Gasteiger partial charge is 0.205 e. The zero-order valence-electron chi connectivity index (χ0n) is 11.0. The molecule has 0 aromatic carbocycles. The maximum Gasteiger partial charge on any atom is 0.205 e. The highest BCUT2D eigenvalue weighted by molar-refractivity contribution is 7.15. The molecule has 1 aliphatic heterocycles. The summed E-state index contributed by atoms with van der Waals surface area (Å²) in [6.45, 7) is 9.50. The molecule has 0 radical (unpaired) electrons. The van der Waals surface area contributed by atoms with Crippen LogP contribution in [0.1, 0.15) is 45.5 Å². The van der Waals surface area contributed by atoms with Gasteiger partial charge in [-0.2, -0.15) is 0 Å². The standard InChI is InChI=1S/C12H21N3OS/c1-8(9-6-5-7-16-9)13-11-15-14-10(17-11)12(2,3)4/h8-9H,5-7H2,1-4H3,(H,13,15). The van der Waals surface area contributed by atoms with Crippen LogP contribution in [0.2, 0.25) is 0 Å². The maximum absolute atomic E-state index is 5.65. The van der Waals surface area contributed by atoms with Crippen LogP contribution >= 0.6 is 11.3 Å². The van der Waals surface area contributed by atoms with E-state index in [2.05, 4.69) is 43.2 Å². The van der Waals surface area contributed by atoms with Crippen LogP contribution in [0.5, 0.6) is 0 Å². The second kappa shape index (κ2) is 4.90. The lowest BCUT2D eigenvalue weighted by molar-refractivity contribution is 0.0996. The molecule has 1 aromatic rings. The molecule has 0 spiro atoms. The van der Waals surface area contributed by atoms with Crippen molar-refractivity contribution < 1.29 is 4.74 Å². The van der Waals surface area contributed by atoms with Crippen molar-refractivity contribution in [2.24, 2.45) is 0 Å². The first-order chi connectivity index (χ1) is 7.97. The number of anilines is 1. The second-order valence-corrected chi connectivity index (χ2v) is 6.62. The lowest BCUT2D eigenvalue weighted by atomic mass is 9.98. The van der Waals surface area contributed by atoms with Crippen LogP contribution in [0.25, 0.3) is 0 Å². The molecule has 0 amide bonds. The van der Waals surface area contributed by atoms with Gasteiger partial charge in [0.15, 0.2) is 0 Å². The lowest BCUT2D eigenvalue weighted by Gasteiger charge is -2.19. The van der Waals surface area contributed by atoms with Crippen LogP contribution < -0.4 is 5.32 Å². The van der Waals surface area contributed by atoms with Crippen molar-refractivity contribution in [3.8, 4) is 0 Å². The first-order valence-electron chi connectivity index (χ1n) is 6.19. The largest absolute Gasteiger partial charge is 0.376 e. The Hall–Kier alpha value is -0.680. The van der Waals surface area contributed by atoms with Gasteiger partial charge in [0.25, 0.3) is 0 Å². The van der Waals surface area contributed by atoms with Crippen LogP contribution in [0, 0.1) is 0 Å². The summed E-state index contributed by atoms with van der Waals surface area (Å²) >= 11 is 1.64. The summed E-state index contributed by atoms with van der Waals surface area (Å²) in [7, 11) is 0. The fraction of sp³-hybridized carbons (Fsp3) is 0.833. The van der Waals surface area contributed by atoms with Crippen molar-refractivity contribution in [2.45, 2.75) is 58.1 Å². The predicted molar refractivity (Wildman–Crippen MR) is 70.7 cm³/mol. The maximum atomic E-state index is 5.65. The number of aromatic nitrogens is 2. The van der Waals surface area contributed by atoms with E-state index in [4.69, 9.17) is 4.74 Å². The molecule has 1 N–H and O–H groups in total. The van der Waals surface area contributed by atoms with Crippen molar-refractivity contribution in [1.82, 2.24) is 10.2 Å². The normalized spacial score (nSPS) is 22.7. The van der Waals surface area contributed by atoms with Gasteiger partial charge in [-0.15, -0.1) is 10.2 Å². The van der Waals surface area contributed by atoms with E-state index in [0.29, 0.717) is 12.1 Å². The summed E-state index contributed by atoms with van der Waals surface area (Å²) in [4.78, 5) is 0. The molecule has 4 nitrogen and oxygen atoms in total. The van der Waals surface area contributed by atoms with Crippen molar-refractivity contribution >= 4 is 16.5 Å². The van der Waals surface area contributed by atoms with Crippen LogP contribution in [0.4, 0.5) is 5.13 Å². The molecule has 96 valence electrons. The third kappa shape index (κ3) is 3.16. The summed E-state index contributed by atoms with van der Waals surface area (Å²) in [6, 6.07) is 0.304. The molecule has 2 unspecified atom stereocenters. The number of nitrogens with one attached hydrogen (secondary N) is 1. The van der Waals surface area contributed by atoms with Crippen LogP contribution in [-0.4, -0.2) is 29.0 Å². The summed E-state index contributed by atoms with van der Waals surface area (Å²) in [6.07, 6.45) is 2.62. The molecular formula is C12H21N3OS. The van der Waals surface area contributed by atoms with E-state index in [9.17, 15) is 0 Å². The van der Waals surface area contributed by atoms with Crippen LogP contribution in [-0.2, 0) is 10.2 Å². The van der Waals surface area contributed by atoms with Gasteiger partial charge in [0, 0.05) is 12.0 Å². The summed E-state index contributed by atoms with van der Waals surface area (Å²) in [5.41, 5.74) is 0.0741. The minimum absolute atomic E-state index is 0.0741. The van der Waals surface area contributed by atoms with E-state index in [-0.39, 0.29) is 5.41 Å². The average Bonchev–Trinajstić information content (AvgIpc) is 2.85. The van der Waals surface area contributed by atoms with Gasteiger partial charge >= 0.3 is 0 Å². The summed E-state index contributed by atoms with van der Waals surface area (Å²) < 4.78 is 5.65. The molecule has 0 saturated carbocycles. The second-order valence-electron chi connectivity index (χ2n) is 5.65. The quantitative estimate of drug-likeness (QED) is 0.902. The SMILES string of the molecule is CC(Nc1nnc(C(C)(C)C)s1)C1CCCO1. The molecule has 1 aliphatic rings. The molecule has 0 aliphatic carbocycles. The minimum Gasteiger partial charge on any atom is -0.376 e. The summed E-state index contributed by atoms with van der Waals surface area (Å²) in [5.74, 6) is 0. The number of ether oxygens (including phenoxy) is 1. The molecule has 1 fully saturated rings. The Morgan fingerprint density at radius 1 is 1.41 bits per heavy atom. The third-order valence-corrected chi connectivity index (χ3v) is 4.22. The highest BCUT2D eigenvalue weighted by Crippen LogP contribution is 2.28. The molecule has 5 heteroatoms. The van der Waals surface area contributed by atoms with E-state index in [1.54, 1.807) is 11.3 Å². The molecule has 1 aromatic heterocycles. The lowest BCUT2D eigenvalue weighted by Crippen LogP contribution is -2.29. The van der Waals surface area contributed by atoms with Crippen molar-refractivity contribution in [3.63, 3.8) is 0 Å². The van der Waals surface area contributed by atoms with Crippen molar-refractivity contribution in [1.29, 1.82) is 0 Å². The van der Waals surface area contributed by atoms with Gasteiger partial charge in [0.2, 0.25) is 5.13 Å². The highest BCUT2D eigenvalue weighted by Gasteiger charge is 2.24. The zero-order valence-corrected chi connectivity index (χ0v) is 11.8. The van der Waals surface area contributed by atoms with Gasteiger partial charge in [-0.25, -0.2) is 0 Å².